The summed E-state index contributed by atoms with van der Waals surface area (Å²) in [4.78, 5) is 1.52. The molecule has 0 radical (unpaired) electrons. The van der Waals surface area contributed by atoms with Crippen LogP contribution in [-0.2, 0) is 0 Å². The molecule has 0 aliphatic rings. The van der Waals surface area contributed by atoms with Crippen LogP contribution in [0.15, 0.2) is 40.2 Å². The van der Waals surface area contributed by atoms with Gasteiger partial charge in [0.1, 0.15) is 0 Å². The molecular formula is C11H7Br2ClS. The molecule has 0 nitrogen and oxygen atoms in total. The number of halogens is 3. The van der Waals surface area contributed by atoms with Crippen molar-refractivity contribution in [3.63, 3.8) is 0 Å². The molecule has 78 valence electrons. The second-order valence-corrected chi connectivity index (χ2v) is 6.23. The lowest BCUT2D eigenvalue weighted by Gasteiger charge is -2.10. The molecule has 0 aliphatic carbocycles. The summed E-state index contributed by atoms with van der Waals surface area (Å²) in [6.07, 6.45) is 0. The Morgan fingerprint density at radius 2 is 2.07 bits per heavy atom. The van der Waals surface area contributed by atoms with Crippen molar-refractivity contribution in [2.24, 2.45) is 0 Å². The molecule has 2 aromatic rings. The zero-order valence-electron chi connectivity index (χ0n) is 7.58. The Morgan fingerprint density at radius 1 is 1.27 bits per heavy atom. The van der Waals surface area contributed by atoms with Crippen LogP contribution < -0.4 is 0 Å². The average molecular weight is 367 g/mol. The predicted octanol–water partition coefficient (Wildman–Crippen LogP) is 5.65. The lowest BCUT2D eigenvalue weighted by atomic mass is 10.1. The molecule has 1 heterocycles. The minimum atomic E-state index is 0.226. The molecule has 0 N–H and O–H groups in total. The fourth-order valence-electron chi connectivity index (χ4n) is 1.30. The van der Waals surface area contributed by atoms with E-state index < -0.39 is 0 Å². The van der Waals surface area contributed by atoms with Crippen LogP contribution in [0.5, 0.6) is 0 Å². The Morgan fingerprint density at radius 3 is 2.67 bits per heavy atom. The Kier molecular flexibility index (Phi) is 3.88. The second kappa shape index (κ2) is 5.00. The van der Waals surface area contributed by atoms with Crippen molar-refractivity contribution in [1.82, 2.24) is 0 Å². The lowest BCUT2D eigenvalue weighted by molar-refractivity contribution is 1.21. The maximum absolute atomic E-state index is 5.90. The van der Waals surface area contributed by atoms with Crippen LogP contribution in [0.1, 0.15) is 15.3 Å². The summed E-state index contributed by atoms with van der Waals surface area (Å²) in [5.74, 6) is 0. The van der Waals surface area contributed by atoms with E-state index in [0.717, 1.165) is 9.50 Å². The SMILES string of the molecule is Clc1ccc(C(Br)c2cccs2)c(Br)c1. The van der Waals surface area contributed by atoms with Gasteiger partial charge >= 0.3 is 0 Å². The molecule has 4 heteroatoms. The number of alkyl halides is 1. The van der Waals surface area contributed by atoms with Crippen LogP contribution in [0, 0.1) is 0 Å². The van der Waals surface area contributed by atoms with Gasteiger partial charge in [0.2, 0.25) is 0 Å². The minimum Gasteiger partial charge on any atom is -0.147 e. The van der Waals surface area contributed by atoms with Crippen LogP contribution in [0.25, 0.3) is 0 Å². The molecule has 1 unspecified atom stereocenters. The molecule has 1 aromatic carbocycles. The Hall–Kier alpha value is 0.170. The normalized spacial score (nSPS) is 12.7. The third-order valence-electron chi connectivity index (χ3n) is 2.03. The number of hydrogen-bond donors (Lipinski definition) is 0. The van der Waals surface area contributed by atoms with E-state index in [1.807, 2.05) is 18.2 Å². The summed E-state index contributed by atoms with van der Waals surface area (Å²) in [5, 5.41) is 2.82. The first-order chi connectivity index (χ1) is 7.18. The van der Waals surface area contributed by atoms with E-state index in [-0.39, 0.29) is 4.83 Å². The zero-order valence-corrected chi connectivity index (χ0v) is 12.3. The van der Waals surface area contributed by atoms with E-state index in [2.05, 4.69) is 49.4 Å². The van der Waals surface area contributed by atoms with Gasteiger partial charge in [0, 0.05) is 14.4 Å². The van der Waals surface area contributed by atoms with Crippen molar-refractivity contribution in [2.75, 3.05) is 0 Å². The van der Waals surface area contributed by atoms with Crippen LogP contribution in [0.2, 0.25) is 5.02 Å². The van der Waals surface area contributed by atoms with Crippen LogP contribution in [0.4, 0.5) is 0 Å². The molecule has 0 saturated carbocycles. The van der Waals surface area contributed by atoms with Gasteiger partial charge in [-0.15, -0.1) is 11.3 Å². The molecule has 0 spiro atoms. The van der Waals surface area contributed by atoms with Crippen LogP contribution in [-0.4, -0.2) is 0 Å². The third kappa shape index (κ3) is 2.64. The van der Waals surface area contributed by atoms with E-state index >= 15 is 0 Å². The monoisotopic (exact) mass is 364 g/mol. The maximum atomic E-state index is 5.90. The van der Waals surface area contributed by atoms with Crippen LogP contribution in [0.3, 0.4) is 0 Å². The molecule has 2 rings (SSSR count). The molecule has 0 fully saturated rings. The van der Waals surface area contributed by atoms with Crippen molar-refractivity contribution in [3.05, 3.63) is 55.6 Å². The Labute approximate surface area is 115 Å². The van der Waals surface area contributed by atoms with Gasteiger partial charge in [-0.25, -0.2) is 0 Å². The molecule has 0 amide bonds. The molecule has 0 saturated heterocycles. The van der Waals surface area contributed by atoms with Crippen molar-refractivity contribution in [3.8, 4) is 0 Å². The summed E-state index contributed by atoms with van der Waals surface area (Å²) in [5.41, 5.74) is 1.20. The summed E-state index contributed by atoms with van der Waals surface area (Å²) < 4.78 is 1.03. The highest BCUT2D eigenvalue weighted by Crippen LogP contribution is 2.38. The fraction of sp³-hybridized carbons (Fsp3) is 0.0909. The molecule has 1 atom stereocenters. The highest BCUT2D eigenvalue weighted by Gasteiger charge is 2.14. The number of thiophene rings is 1. The first-order valence-electron chi connectivity index (χ1n) is 4.31. The van der Waals surface area contributed by atoms with E-state index in [4.69, 9.17) is 11.6 Å². The van der Waals surface area contributed by atoms with Crippen molar-refractivity contribution < 1.29 is 0 Å². The maximum Gasteiger partial charge on any atom is 0.0748 e. The van der Waals surface area contributed by atoms with Gasteiger partial charge in [0.25, 0.3) is 0 Å². The first kappa shape index (κ1) is 11.6. The zero-order chi connectivity index (χ0) is 10.8. The molecule has 0 aliphatic heterocycles. The van der Waals surface area contributed by atoms with Gasteiger partial charge in [-0.1, -0.05) is 55.6 Å². The second-order valence-electron chi connectivity index (χ2n) is 3.04. The van der Waals surface area contributed by atoms with Gasteiger partial charge in [-0.2, -0.15) is 0 Å². The molecule has 1 aromatic heterocycles. The fourth-order valence-corrected chi connectivity index (χ4v) is 4.11. The molecule has 15 heavy (non-hydrogen) atoms. The van der Waals surface area contributed by atoms with E-state index in [0.29, 0.717) is 0 Å². The van der Waals surface area contributed by atoms with E-state index in [9.17, 15) is 0 Å². The molecular weight excluding hydrogens is 359 g/mol. The van der Waals surface area contributed by atoms with Gasteiger partial charge in [-0.05, 0) is 29.1 Å². The Bertz CT molecular complexity index is 454. The number of rotatable bonds is 2. The summed E-state index contributed by atoms with van der Waals surface area (Å²) in [7, 11) is 0. The Balaban J connectivity index is 2.38. The van der Waals surface area contributed by atoms with E-state index in [1.54, 1.807) is 11.3 Å². The summed E-state index contributed by atoms with van der Waals surface area (Å²) in [6, 6.07) is 10.0. The van der Waals surface area contributed by atoms with Crippen molar-refractivity contribution >= 4 is 54.8 Å². The highest BCUT2D eigenvalue weighted by atomic mass is 79.9. The van der Waals surface area contributed by atoms with Gasteiger partial charge in [-0.3, -0.25) is 0 Å². The van der Waals surface area contributed by atoms with Gasteiger partial charge in [0.05, 0.1) is 4.83 Å². The quantitative estimate of drug-likeness (QED) is 0.603. The average Bonchev–Trinajstić information content (AvgIpc) is 2.69. The standard InChI is InChI=1S/C11H7Br2ClS/c12-9-6-7(14)3-4-8(9)11(13)10-2-1-5-15-10/h1-6,11H. The number of hydrogen-bond acceptors (Lipinski definition) is 1. The largest absolute Gasteiger partial charge is 0.147 e. The van der Waals surface area contributed by atoms with Crippen molar-refractivity contribution in [1.29, 1.82) is 0 Å². The first-order valence-corrected chi connectivity index (χ1v) is 7.27. The smallest absolute Gasteiger partial charge is 0.0748 e. The van der Waals surface area contributed by atoms with Gasteiger partial charge in [0.15, 0.2) is 0 Å². The summed E-state index contributed by atoms with van der Waals surface area (Å²) in [6.45, 7) is 0. The van der Waals surface area contributed by atoms with Crippen molar-refractivity contribution in [2.45, 2.75) is 4.83 Å². The third-order valence-corrected chi connectivity index (χ3v) is 5.18. The minimum absolute atomic E-state index is 0.226. The number of benzene rings is 1. The molecule has 0 bridgehead atoms. The predicted molar refractivity (Wildman–Crippen MR) is 74.2 cm³/mol. The van der Waals surface area contributed by atoms with Gasteiger partial charge < -0.3 is 0 Å². The van der Waals surface area contributed by atoms with E-state index in [1.165, 1.54) is 10.4 Å². The highest BCUT2D eigenvalue weighted by molar-refractivity contribution is 9.11. The lowest BCUT2D eigenvalue weighted by Crippen LogP contribution is -1.90. The summed E-state index contributed by atoms with van der Waals surface area (Å²) >= 11 is 14.9. The topological polar surface area (TPSA) is 0 Å². The van der Waals surface area contributed by atoms with Crippen LogP contribution >= 0.6 is 54.8 Å².